The number of rotatable bonds is 7. The molecule has 1 N–H and O–H groups in total. The van der Waals surface area contributed by atoms with Crippen molar-refractivity contribution in [3.05, 3.63) is 53.6 Å². The summed E-state index contributed by atoms with van der Waals surface area (Å²) in [7, 11) is 3.16. The quantitative estimate of drug-likeness (QED) is 0.833. The molecule has 24 heavy (non-hydrogen) atoms. The molecule has 2 rings (SSSR count). The summed E-state index contributed by atoms with van der Waals surface area (Å²) < 4.78 is 10.4. The van der Waals surface area contributed by atoms with E-state index in [1.165, 1.54) is 5.56 Å². The van der Waals surface area contributed by atoms with Gasteiger partial charge in [0.05, 0.1) is 20.6 Å². The van der Waals surface area contributed by atoms with Crippen LogP contribution in [0.4, 0.5) is 5.69 Å². The number of benzene rings is 2. The fraction of sp³-hybridized carbons (Fsp3) is 0.350. The molecule has 0 aliphatic rings. The number of anilines is 1. The number of carbonyl (C=O) groups is 1. The van der Waals surface area contributed by atoms with Crippen LogP contribution >= 0.6 is 0 Å². The lowest BCUT2D eigenvalue weighted by atomic mass is 10.0. The Balaban J connectivity index is 2.00. The number of hydrogen-bond acceptors (Lipinski definition) is 3. The first-order chi connectivity index (χ1) is 11.5. The first-order valence-corrected chi connectivity index (χ1v) is 8.11. The number of hydrogen-bond donors (Lipinski definition) is 1. The third-order valence-electron chi connectivity index (χ3n) is 3.67. The van der Waals surface area contributed by atoms with Crippen molar-refractivity contribution in [3.8, 4) is 11.5 Å². The van der Waals surface area contributed by atoms with Crippen LogP contribution in [-0.2, 0) is 17.6 Å². The normalized spacial score (nSPS) is 10.5. The zero-order valence-electron chi connectivity index (χ0n) is 14.8. The van der Waals surface area contributed by atoms with E-state index in [9.17, 15) is 4.79 Å². The van der Waals surface area contributed by atoms with Crippen LogP contribution in [0.25, 0.3) is 0 Å². The maximum atomic E-state index is 12.3. The monoisotopic (exact) mass is 327 g/mol. The highest BCUT2D eigenvalue weighted by atomic mass is 16.5. The Morgan fingerprint density at radius 3 is 2.00 bits per heavy atom. The SMILES string of the molecule is COc1cc(NC(=O)Cc2ccc(CC(C)C)cc2)cc(OC)c1. The zero-order valence-corrected chi connectivity index (χ0v) is 14.8. The van der Waals surface area contributed by atoms with Crippen LogP contribution in [0.1, 0.15) is 25.0 Å². The second-order valence-corrected chi connectivity index (χ2v) is 6.24. The largest absolute Gasteiger partial charge is 0.497 e. The summed E-state index contributed by atoms with van der Waals surface area (Å²) in [4.78, 5) is 12.3. The number of ether oxygens (including phenoxy) is 2. The Kier molecular flexibility index (Phi) is 6.24. The average molecular weight is 327 g/mol. The average Bonchev–Trinajstić information content (AvgIpc) is 2.55. The van der Waals surface area contributed by atoms with E-state index >= 15 is 0 Å². The summed E-state index contributed by atoms with van der Waals surface area (Å²) in [6, 6.07) is 13.5. The molecule has 0 radical (unpaired) electrons. The molecule has 1 amide bonds. The summed E-state index contributed by atoms with van der Waals surface area (Å²) >= 11 is 0. The van der Waals surface area contributed by atoms with Gasteiger partial charge in [-0.1, -0.05) is 38.1 Å². The van der Waals surface area contributed by atoms with Crippen molar-refractivity contribution in [1.82, 2.24) is 0 Å². The lowest BCUT2D eigenvalue weighted by molar-refractivity contribution is -0.115. The molecule has 0 saturated heterocycles. The van der Waals surface area contributed by atoms with Crippen molar-refractivity contribution in [1.29, 1.82) is 0 Å². The van der Waals surface area contributed by atoms with Crippen LogP contribution in [0.5, 0.6) is 11.5 Å². The fourth-order valence-corrected chi connectivity index (χ4v) is 2.53. The zero-order chi connectivity index (χ0) is 17.5. The highest BCUT2D eigenvalue weighted by molar-refractivity contribution is 5.92. The van der Waals surface area contributed by atoms with Gasteiger partial charge in [0, 0.05) is 23.9 Å². The van der Waals surface area contributed by atoms with E-state index in [-0.39, 0.29) is 5.91 Å². The van der Waals surface area contributed by atoms with Gasteiger partial charge in [-0.05, 0) is 23.5 Å². The van der Waals surface area contributed by atoms with E-state index in [1.807, 2.05) is 12.1 Å². The van der Waals surface area contributed by atoms with Crippen molar-refractivity contribution >= 4 is 11.6 Å². The first-order valence-electron chi connectivity index (χ1n) is 8.11. The third-order valence-corrected chi connectivity index (χ3v) is 3.67. The van der Waals surface area contributed by atoms with Gasteiger partial charge in [0.2, 0.25) is 5.91 Å². The van der Waals surface area contributed by atoms with Gasteiger partial charge in [-0.3, -0.25) is 4.79 Å². The van der Waals surface area contributed by atoms with Crippen LogP contribution in [0.2, 0.25) is 0 Å². The number of carbonyl (C=O) groups excluding carboxylic acids is 1. The van der Waals surface area contributed by atoms with E-state index in [1.54, 1.807) is 32.4 Å². The Labute approximate surface area is 143 Å². The maximum absolute atomic E-state index is 12.3. The van der Waals surface area contributed by atoms with Crippen molar-refractivity contribution < 1.29 is 14.3 Å². The molecular formula is C20H25NO3. The number of amides is 1. The van der Waals surface area contributed by atoms with Crippen LogP contribution in [0.15, 0.2) is 42.5 Å². The van der Waals surface area contributed by atoms with Crippen molar-refractivity contribution in [2.24, 2.45) is 5.92 Å². The molecular weight excluding hydrogens is 302 g/mol. The lowest BCUT2D eigenvalue weighted by Crippen LogP contribution is -2.14. The standard InChI is InChI=1S/C20H25NO3/c1-14(2)9-15-5-7-16(8-6-15)10-20(22)21-17-11-18(23-3)13-19(12-17)24-4/h5-8,11-14H,9-10H2,1-4H3,(H,21,22). The molecule has 0 unspecified atom stereocenters. The minimum Gasteiger partial charge on any atom is -0.497 e. The van der Waals surface area contributed by atoms with Crippen molar-refractivity contribution in [2.75, 3.05) is 19.5 Å². The van der Waals surface area contributed by atoms with Gasteiger partial charge in [0.15, 0.2) is 0 Å². The van der Waals surface area contributed by atoms with Gasteiger partial charge in [-0.15, -0.1) is 0 Å². The molecule has 2 aromatic carbocycles. The molecule has 0 bridgehead atoms. The molecule has 0 aliphatic heterocycles. The molecule has 0 saturated carbocycles. The molecule has 0 spiro atoms. The Hall–Kier alpha value is -2.49. The minimum absolute atomic E-state index is 0.0677. The van der Waals surface area contributed by atoms with E-state index < -0.39 is 0 Å². The highest BCUT2D eigenvalue weighted by Crippen LogP contribution is 2.25. The predicted molar refractivity (Wildman–Crippen MR) is 96.9 cm³/mol. The van der Waals surface area contributed by atoms with E-state index in [2.05, 4.69) is 31.3 Å². The summed E-state index contributed by atoms with van der Waals surface area (Å²) in [5.74, 6) is 1.84. The van der Waals surface area contributed by atoms with Crippen molar-refractivity contribution in [3.63, 3.8) is 0 Å². The Morgan fingerprint density at radius 2 is 1.50 bits per heavy atom. The van der Waals surface area contributed by atoms with Crippen molar-refractivity contribution in [2.45, 2.75) is 26.7 Å². The van der Waals surface area contributed by atoms with Crippen LogP contribution in [-0.4, -0.2) is 20.1 Å². The van der Waals surface area contributed by atoms with Gasteiger partial charge in [-0.2, -0.15) is 0 Å². The smallest absolute Gasteiger partial charge is 0.228 e. The molecule has 2 aromatic rings. The molecule has 4 heteroatoms. The second-order valence-electron chi connectivity index (χ2n) is 6.24. The topological polar surface area (TPSA) is 47.6 Å². The second kappa shape index (κ2) is 8.39. The molecule has 128 valence electrons. The number of nitrogens with one attached hydrogen (secondary N) is 1. The number of methoxy groups -OCH3 is 2. The van der Waals surface area contributed by atoms with Gasteiger partial charge < -0.3 is 14.8 Å². The molecule has 0 aliphatic carbocycles. The lowest BCUT2D eigenvalue weighted by Gasteiger charge is -2.10. The summed E-state index contributed by atoms with van der Waals surface area (Å²) in [5.41, 5.74) is 2.95. The van der Waals surface area contributed by atoms with Crippen LogP contribution in [0, 0.1) is 5.92 Å². The van der Waals surface area contributed by atoms with E-state index in [4.69, 9.17) is 9.47 Å². The first kappa shape index (κ1) is 17.9. The van der Waals surface area contributed by atoms with E-state index in [0.717, 1.165) is 12.0 Å². The highest BCUT2D eigenvalue weighted by Gasteiger charge is 2.08. The van der Waals surface area contributed by atoms with Gasteiger partial charge in [0.25, 0.3) is 0 Å². The maximum Gasteiger partial charge on any atom is 0.228 e. The minimum atomic E-state index is -0.0677. The van der Waals surface area contributed by atoms with Gasteiger partial charge in [-0.25, -0.2) is 0 Å². The molecule has 0 fully saturated rings. The fourth-order valence-electron chi connectivity index (χ4n) is 2.53. The van der Waals surface area contributed by atoms with Gasteiger partial charge in [0.1, 0.15) is 11.5 Å². The molecule has 0 atom stereocenters. The third kappa shape index (κ3) is 5.30. The van der Waals surface area contributed by atoms with Gasteiger partial charge >= 0.3 is 0 Å². The molecule has 0 heterocycles. The Bertz CT molecular complexity index is 656. The predicted octanol–water partition coefficient (Wildman–Crippen LogP) is 4.08. The Morgan fingerprint density at radius 1 is 0.958 bits per heavy atom. The van der Waals surface area contributed by atoms with Crippen LogP contribution < -0.4 is 14.8 Å². The summed E-state index contributed by atoms with van der Waals surface area (Å²) in [6.45, 7) is 4.40. The summed E-state index contributed by atoms with van der Waals surface area (Å²) in [5, 5.41) is 2.89. The van der Waals surface area contributed by atoms with Crippen LogP contribution in [0.3, 0.4) is 0 Å². The van der Waals surface area contributed by atoms with E-state index in [0.29, 0.717) is 29.5 Å². The summed E-state index contributed by atoms with van der Waals surface area (Å²) in [6.07, 6.45) is 1.39. The molecule has 4 nitrogen and oxygen atoms in total. The molecule has 0 aromatic heterocycles.